The average molecular weight is 430 g/mol. The summed E-state index contributed by atoms with van der Waals surface area (Å²) in [6.45, 7) is 7.39. The summed E-state index contributed by atoms with van der Waals surface area (Å²) in [5.41, 5.74) is 1.68. The molecular formula is C25H39N3O3. The van der Waals surface area contributed by atoms with E-state index >= 15 is 0 Å². The Balaban J connectivity index is 1.63. The van der Waals surface area contributed by atoms with Crippen molar-refractivity contribution in [3.8, 4) is 23.0 Å². The standard InChI is InChI=1S/C25H39N3O3/c1-3-5-7-8-9-10-17-30-24-14-13-22(19-27-24)23-20-28-25(21-26-23)31-18-12-11-16-29-15-6-4-2/h13-14,19-21H,3-12,15-18H2,1-2H3. The molecule has 0 unspecified atom stereocenters. The maximum atomic E-state index is 5.74. The molecule has 0 N–H and O–H groups in total. The Morgan fingerprint density at radius 3 is 1.94 bits per heavy atom. The van der Waals surface area contributed by atoms with Gasteiger partial charge in [0.2, 0.25) is 11.8 Å². The van der Waals surface area contributed by atoms with Gasteiger partial charge in [0, 0.05) is 31.0 Å². The van der Waals surface area contributed by atoms with Crippen LogP contribution in [0.2, 0.25) is 0 Å². The van der Waals surface area contributed by atoms with Gasteiger partial charge in [0.25, 0.3) is 0 Å². The van der Waals surface area contributed by atoms with Crippen LogP contribution in [0.5, 0.6) is 11.8 Å². The van der Waals surface area contributed by atoms with Gasteiger partial charge in [-0.15, -0.1) is 0 Å². The molecule has 2 aromatic heterocycles. The van der Waals surface area contributed by atoms with Crippen LogP contribution in [0.1, 0.15) is 78.1 Å². The quantitative estimate of drug-likeness (QED) is 0.261. The largest absolute Gasteiger partial charge is 0.478 e. The molecule has 0 aliphatic carbocycles. The molecule has 0 aliphatic heterocycles. The smallest absolute Gasteiger partial charge is 0.232 e. The number of unbranched alkanes of at least 4 members (excludes halogenated alkanes) is 7. The van der Waals surface area contributed by atoms with Crippen LogP contribution in [0.25, 0.3) is 11.3 Å². The van der Waals surface area contributed by atoms with Crippen molar-refractivity contribution < 1.29 is 14.2 Å². The minimum absolute atomic E-state index is 0.544. The molecule has 2 rings (SSSR count). The fourth-order valence-electron chi connectivity index (χ4n) is 3.05. The molecule has 0 saturated carbocycles. The van der Waals surface area contributed by atoms with Gasteiger partial charge in [-0.05, 0) is 31.7 Å². The molecule has 0 aliphatic rings. The maximum absolute atomic E-state index is 5.74. The van der Waals surface area contributed by atoms with Gasteiger partial charge in [0.1, 0.15) is 0 Å². The fourth-order valence-corrected chi connectivity index (χ4v) is 3.05. The van der Waals surface area contributed by atoms with Crippen molar-refractivity contribution >= 4 is 0 Å². The van der Waals surface area contributed by atoms with Crippen LogP contribution in [-0.4, -0.2) is 41.4 Å². The normalized spacial score (nSPS) is 10.9. The summed E-state index contributed by atoms with van der Waals surface area (Å²) in [4.78, 5) is 13.2. The van der Waals surface area contributed by atoms with E-state index in [0.717, 1.165) is 56.8 Å². The molecule has 31 heavy (non-hydrogen) atoms. The first-order valence-electron chi connectivity index (χ1n) is 11.9. The predicted octanol–water partition coefficient (Wildman–Crippen LogP) is 6.25. The van der Waals surface area contributed by atoms with Gasteiger partial charge >= 0.3 is 0 Å². The second-order valence-electron chi connectivity index (χ2n) is 7.76. The summed E-state index contributed by atoms with van der Waals surface area (Å²) in [6, 6.07) is 3.85. The topological polar surface area (TPSA) is 66.4 Å². The van der Waals surface area contributed by atoms with Crippen LogP contribution in [0.15, 0.2) is 30.7 Å². The van der Waals surface area contributed by atoms with Crippen LogP contribution >= 0.6 is 0 Å². The number of nitrogens with zero attached hydrogens (tertiary/aromatic N) is 3. The molecule has 0 fully saturated rings. The monoisotopic (exact) mass is 429 g/mol. The molecule has 2 aromatic rings. The van der Waals surface area contributed by atoms with Gasteiger partial charge < -0.3 is 14.2 Å². The van der Waals surface area contributed by atoms with Crippen LogP contribution in [0.4, 0.5) is 0 Å². The van der Waals surface area contributed by atoms with Crippen molar-refractivity contribution in [2.75, 3.05) is 26.4 Å². The molecule has 0 spiro atoms. The summed E-state index contributed by atoms with van der Waals surface area (Å²) in [5, 5.41) is 0. The van der Waals surface area contributed by atoms with E-state index in [1.54, 1.807) is 18.6 Å². The maximum Gasteiger partial charge on any atom is 0.232 e. The molecule has 0 bridgehead atoms. The second-order valence-corrected chi connectivity index (χ2v) is 7.76. The molecule has 6 nitrogen and oxygen atoms in total. The van der Waals surface area contributed by atoms with E-state index < -0.39 is 0 Å². The Morgan fingerprint density at radius 1 is 0.581 bits per heavy atom. The van der Waals surface area contributed by atoms with E-state index in [2.05, 4.69) is 28.8 Å². The lowest BCUT2D eigenvalue weighted by Gasteiger charge is -2.07. The molecule has 0 amide bonds. The van der Waals surface area contributed by atoms with Gasteiger partial charge in [0.15, 0.2) is 0 Å². The first-order valence-corrected chi connectivity index (χ1v) is 11.9. The summed E-state index contributed by atoms with van der Waals surface area (Å²) >= 11 is 0. The van der Waals surface area contributed by atoms with Crippen LogP contribution in [-0.2, 0) is 4.74 Å². The molecule has 6 heteroatoms. The van der Waals surface area contributed by atoms with Gasteiger partial charge in [-0.3, -0.25) is 0 Å². The molecule has 0 saturated heterocycles. The Bertz CT molecular complexity index is 677. The van der Waals surface area contributed by atoms with Crippen molar-refractivity contribution in [1.82, 2.24) is 15.0 Å². The van der Waals surface area contributed by atoms with E-state index in [4.69, 9.17) is 14.2 Å². The third-order valence-corrected chi connectivity index (χ3v) is 4.98. The molecule has 0 radical (unpaired) electrons. The third-order valence-electron chi connectivity index (χ3n) is 4.98. The van der Waals surface area contributed by atoms with Crippen molar-refractivity contribution in [3.63, 3.8) is 0 Å². The van der Waals surface area contributed by atoms with E-state index in [-0.39, 0.29) is 0 Å². The predicted molar refractivity (Wildman–Crippen MR) is 125 cm³/mol. The summed E-state index contributed by atoms with van der Waals surface area (Å²) in [5.74, 6) is 1.20. The Hall–Kier alpha value is -2.21. The van der Waals surface area contributed by atoms with Crippen LogP contribution < -0.4 is 9.47 Å². The lowest BCUT2D eigenvalue weighted by Crippen LogP contribution is -2.03. The zero-order valence-corrected chi connectivity index (χ0v) is 19.4. The Morgan fingerprint density at radius 2 is 1.23 bits per heavy atom. The van der Waals surface area contributed by atoms with E-state index in [9.17, 15) is 0 Å². The molecular weight excluding hydrogens is 390 g/mol. The highest BCUT2D eigenvalue weighted by atomic mass is 16.5. The first-order chi connectivity index (χ1) is 15.3. The highest BCUT2D eigenvalue weighted by molar-refractivity contribution is 5.57. The second kappa shape index (κ2) is 16.5. The minimum Gasteiger partial charge on any atom is -0.478 e. The van der Waals surface area contributed by atoms with Crippen molar-refractivity contribution in [3.05, 3.63) is 30.7 Å². The molecule has 0 aromatic carbocycles. The number of ether oxygens (including phenoxy) is 3. The van der Waals surface area contributed by atoms with E-state index in [1.165, 1.54) is 38.5 Å². The average Bonchev–Trinajstić information content (AvgIpc) is 2.81. The number of hydrogen-bond acceptors (Lipinski definition) is 6. The summed E-state index contributed by atoms with van der Waals surface area (Å²) < 4.78 is 16.9. The highest BCUT2D eigenvalue weighted by Crippen LogP contribution is 2.19. The Kier molecular flexibility index (Phi) is 13.3. The van der Waals surface area contributed by atoms with Gasteiger partial charge in [0.05, 0.1) is 31.3 Å². The van der Waals surface area contributed by atoms with Gasteiger partial charge in [-0.25, -0.2) is 15.0 Å². The van der Waals surface area contributed by atoms with Crippen molar-refractivity contribution in [2.24, 2.45) is 0 Å². The van der Waals surface area contributed by atoms with Gasteiger partial charge in [-0.1, -0.05) is 52.4 Å². The SMILES string of the molecule is CCCCCCCCOc1ccc(-c2cnc(OCCCCOCCCC)cn2)cn1. The number of aromatic nitrogens is 3. The van der Waals surface area contributed by atoms with E-state index in [0.29, 0.717) is 18.4 Å². The zero-order valence-electron chi connectivity index (χ0n) is 19.4. The van der Waals surface area contributed by atoms with Gasteiger partial charge in [-0.2, -0.15) is 0 Å². The minimum atomic E-state index is 0.544. The molecule has 2 heterocycles. The third kappa shape index (κ3) is 11.1. The lowest BCUT2D eigenvalue weighted by atomic mass is 10.1. The molecule has 0 atom stereocenters. The first kappa shape index (κ1) is 25.1. The molecule has 172 valence electrons. The van der Waals surface area contributed by atoms with E-state index in [1.807, 2.05) is 12.1 Å². The van der Waals surface area contributed by atoms with Crippen molar-refractivity contribution in [1.29, 1.82) is 0 Å². The van der Waals surface area contributed by atoms with Crippen LogP contribution in [0, 0.1) is 0 Å². The highest BCUT2D eigenvalue weighted by Gasteiger charge is 2.04. The van der Waals surface area contributed by atoms with Crippen molar-refractivity contribution in [2.45, 2.75) is 78.1 Å². The number of hydrogen-bond donors (Lipinski definition) is 0. The lowest BCUT2D eigenvalue weighted by molar-refractivity contribution is 0.123. The Labute approximate surface area is 187 Å². The summed E-state index contributed by atoms with van der Waals surface area (Å²) in [6.07, 6.45) is 16.9. The fraction of sp³-hybridized carbons (Fsp3) is 0.640. The number of rotatable bonds is 18. The zero-order chi connectivity index (χ0) is 22.0. The summed E-state index contributed by atoms with van der Waals surface area (Å²) in [7, 11) is 0. The number of pyridine rings is 1. The van der Waals surface area contributed by atoms with Crippen LogP contribution in [0.3, 0.4) is 0 Å².